The van der Waals surface area contributed by atoms with E-state index in [1.54, 1.807) is 53.3 Å². The highest BCUT2D eigenvalue weighted by Crippen LogP contribution is 2.29. The maximum Gasteiger partial charge on any atom is 0.263 e. The Morgan fingerprint density at radius 1 is 0.667 bits per heavy atom. The van der Waals surface area contributed by atoms with Crippen LogP contribution in [0.1, 0.15) is 50.2 Å². The van der Waals surface area contributed by atoms with Gasteiger partial charge in [0.15, 0.2) is 10.1 Å². The van der Waals surface area contributed by atoms with E-state index in [2.05, 4.69) is 10.2 Å². The van der Waals surface area contributed by atoms with Crippen LogP contribution in [-0.4, -0.2) is 69.1 Å². The number of nitrogens with two attached hydrogens (primary N) is 1. The Hall–Kier alpha value is -3.80. The number of hydrogen-bond donors (Lipinski definition) is 1. The lowest BCUT2D eigenvalue weighted by Gasteiger charge is -2.22. The van der Waals surface area contributed by atoms with Gasteiger partial charge in [-0.2, -0.15) is 14.5 Å². The van der Waals surface area contributed by atoms with Crippen molar-refractivity contribution in [3.8, 4) is 11.5 Å². The minimum absolute atomic E-state index is 0.0212. The van der Waals surface area contributed by atoms with Crippen LogP contribution in [-0.2, 0) is 67.9 Å². The number of nitrogens with zero attached hydrogens (tertiary/aromatic N) is 5. The summed E-state index contributed by atoms with van der Waals surface area (Å²) in [6.07, 6.45) is 0. The molecule has 2 heterocycles. The van der Waals surface area contributed by atoms with Gasteiger partial charge in [-0.1, -0.05) is 24.3 Å². The Balaban J connectivity index is 0.000000348. The number of ether oxygens (including phenoxy) is 4. The number of hydrogen-bond acceptors (Lipinski definition) is 10. The molecule has 264 valence electrons. The SMILES string of the molecule is COC(C)(C)c1cc(S(N)(=O)=O)nn1C.COc1ccc(CN(Cc2ccc(OC)cc2)S(=O)(=O)c2cc(C(C)(C)OC)n(C)n2)cc1. The van der Waals surface area contributed by atoms with Crippen molar-refractivity contribution < 1.29 is 35.8 Å². The van der Waals surface area contributed by atoms with Gasteiger partial charge in [0.25, 0.3) is 20.0 Å². The molecule has 2 N–H and O–H groups in total. The molecule has 0 saturated carbocycles. The molecule has 0 spiro atoms. The van der Waals surface area contributed by atoms with E-state index >= 15 is 0 Å². The van der Waals surface area contributed by atoms with Crippen molar-refractivity contribution >= 4 is 20.0 Å². The molecule has 2 aromatic carbocycles. The average molecular weight is 707 g/mol. The van der Waals surface area contributed by atoms with Gasteiger partial charge in [-0.25, -0.2) is 22.0 Å². The summed E-state index contributed by atoms with van der Waals surface area (Å²) in [6.45, 7) is 7.73. The van der Waals surface area contributed by atoms with Crippen molar-refractivity contribution in [2.24, 2.45) is 19.2 Å². The third-order valence-corrected chi connectivity index (χ3v) is 10.3. The van der Waals surface area contributed by atoms with Gasteiger partial charge >= 0.3 is 0 Å². The Morgan fingerprint density at radius 3 is 1.33 bits per heavy atom. The summed E-state index contributed by atoms with van der Waals surface area (Å²) in [6, 6.07) is 17.7. The normalized spacial score (nSPS) is 12.5. The second-order valence-electron chi connectivity index (χ2n) is 11.9. The van der Waals surface area contributed by atoms with Crippen LogP contribution < -0.4 is 14.6 Å². The van der Waals surface area contributed by atoms with Crippen LogP contribution in [0.25, 0.3) is 0 Å². The van der Waals surface area contributed by atoms with Crippen LogP contribution in [0.2, 0.25) is 0 Å². The van der Waals surface area contributed by atoms with Gasteiger partial charge in [-0.05, 0) is 63.1 Å². The molecule has 14 nitrogen and oxygen atoms in total. The Kier molecular flexibility index (Phi) is 12.2. The summed E-state index contributed by atoms with van der Waals surface area (Å²) >= 11 is 0. The van der Waals surface area contributed by atoms with Crippen LogP contribution in [0.5, 0.6) is 11.5 Å². The smallest absolute Gasteiger partial charge is 0.263 e. The topological polar surface area (TPSA) is 170 Å². The minimum atomic E-state index is -3.92. The summed E-state index contributed by atoms with van der Waals surface area (Å²) in [4.78, 5) is 0. The number of benzene rings is 2. The predicted octanol–water partition coefficient (Wildman–Crippen LogP) is 3.66. The summed E-state index contributed by atoms with van der Waals surface area (Å²) in [7, 11) is 2.00. The predicted molar refractivity (Wildman–Crippen MR) is 180 cm³/mol. The molecule has 48 heavy (non-hydrogen) atoms. The number of rotatable bonds is 13. The maximum atomic E-state index is 13.7. The van der Waals surface area contributed by atoms with Gasteiger partial charge in [0.1, 0.15) is 22.7 Å². The number of methoxy groups -OCH3 is 4. The van der Waals surface area contributed by atoms with Crippen LogP contribution in [0.3, 0.4) is 0 Å². The molecule has 0 bridgehead atoms. The molecule has 0 fully saturated rings. The first-order valence-corrected chi connectivity index (χ1v) is 17.8. The lowest BCUT2D eigenvalue weighted by molar-refractivity contribution is 0.0121. The summed E-state index contributed by atoms with van der Waals surface area (Å²) < 4.78 is 75.2. The third-order valence-electron chi connectivity index (χ3n) is 7.90. The molecule has 0 saturated heterocycles. The maximum absolute atomic E-state index is 13.7. The van der Waals surface area contributed by atoms with Gasteiger partial charge in [0, 0.05) is 53.5 Å². The van der Waals surface area contributed by atoms with Crippen LogP contribution in [0.4, 0.5) is 0 Å². The number of aryl methyl sites for hydroxylation is 2. The number of primary sulfonamides is 1. The molecule has 0 aliphatic heterocycles. The van der Waals surface area contributed by atoms with Gasteiger partial charge in [-0.15, -0.1) is 0 Å². The summed E-state index contributed by atoms with van der Waals surface area (Å²) in [5.41, 5.74) is 1.69. The average Bonchev–Trinajstić information content (AvgIpc) is 3.66. The van der Waals surface area contributed by atoms with E-state index in [1.807, 2.05) is 76.2 Å². The van der Waals surface area contributed by atoms with Gasteiger partial charge in [0.2, 0.25) is 0 Å². The van der Waals surface area contributed by atoms with Crippen molar-refractivity contribution in [1.29, 1.82) is 0 Å². The molecular weight excluding hydrogens is 661 g/mol. The molecule has 0 amide bonds. The van der Waals surface area contributed by atoms with E-state index < -0.39 is 31.2 Å². The highest BCUT2D eigenvalue weighted by atomic mass is 32.2. The van der Waals surface area contributed by atoms with Crippen molar-refractivity contribution in [3.63, 3.8) is 0 Å². The first kappa shape index (κ1) is 38.6. The Labute approximate surface area is 283 Å². The van der Waals surface area contributed by atoms with Gasteiger partial charge in [0.05, 0.1) is 25.6 Å². The fraction of sp³-hybridized carbons (Fsp3) is 0.438. The molecule has 0 unspecified atom stereocenters. The first-order valence-electron chi connectivity index (χ1n) is 14.8. The van der Waals surface area contributed by atoms with Crippen molar-refractivity contribution in [3.05, 3.63) is 83.2 Å². The number of sulfonamides is 2. The fourth-order valence-corrected chi connectivity index (χ4v) is 6.61. The quantitative estimate of drug-likeness (QED) is 0.217. The van der Waals surface area contributed by atoms with E-state index in [4.69, 9.17) is 24.1 Å². The standard InChI is InChI=1S/C24H31N3O5S.C8H15N3O3S/c1-24(2,32-6)22-15-23(25-26(22)3)33(28,29)27(16-18-7-11-20(30-4)12-8-18)17-19-9-13-21(31-5)14-10-19;1-8(2,14-4)6-5-7(10-11(6)3)15(9,12)13/h7-15H,16-17H2,1-6H3;5H,1-4H3,(H2,9,12,13). The Morgan fingerprint density at radius 2 is 1.02 bits per heavy atom. The van der Waals surface area contributed by atoms with E-state index in [0.29, 0.717) is 22.9 Å². The van der Waals surface area contributed by atoms with Gasteiger partial charge < -0.3 is 18.9 Å². The fourth-order valence-electron chi connectivity index (χ4n) is 4.71. The van der Waals surface area contributed by atoms with Crippen molar-refractivity contribution in [2.75, 3.05) is 28.4 Å². The third kappa shape index (κ3) is 9.21. The van der Waals surface area contributed by atoms with E-state index in [0.717, 1.165) is 11.1 Å². The second-order valence-corrected chi connectivity index (χ2v) is 15.3. The van der Waals surface area contributed by atoms with Crippen molar-refractivity contribution in [1.82, 2.24) is 23.9 Å². The lowest BCUT2D eigenvalue weighted by atomic mass is 10.1. The van der Waals surface area contributed by atoms with Crippen molar-refractivity contribution in [2.45, 2.75) is 62.0 Å². The zero-order valence-electron chi connectivity index (χ0n) is 29.1. The second kappa shape index (κ2) is 15.2. The monoisotopic (exact) mass is 706 g/mol. The Bertz CT molecular complexity index is 1830. The molecule has 0 atom stereocenters. The molecule has 0 radical (unpaired) electrons. The van der Waals surface area contributed by atoms with Gasteiger partial charge in [-0.3, -0.25) is 9.36 Å². The molecule has 2 aromatic heterocycles. The first-order chi connectivity index (χ1) is 22.3. The molecule has 4 rings (SSSR count). The van der Waals surface area contributed by atoms with Crippen LogP contribution in [0.15, 0.2) is 70.7 Å². The highest BCUT2D eigenvalue weighted by molar-refractivity contribution is 7.89. The minimum Gasteiger partial charge on any atom is -0.497 e. The zero-order valence-corrected chi connectivity index (χ0v) is 30.7. The summed E-state index contributed by atoms with van der Waals surface area (Å²) in [5.74, 6) is 1.42. The van der Waals surface area contributed by atoms with E-state index in [9.17, 15) is 16.8 Å². The molecule has 4 aromatic rings. The van der Waals surface area contributed by atoms with E-state index in [1.165, 1.54) is 15.1 Å². The molecule has 16 heteroatoms. The van der Waals surface area contributed by atoms with Crippen LogP contribution >= 0.6 is 0 Å². The largest absolute Gasteiger partial charge is 0.497 e. The summed E-state index contributed by atoms with van der Waals surface area (Å²) in [5, 5.41) is 13.0. The molecular formula is C32H46N6O8S2. The number of aromatic nitrogens is 4. The zero-order chi connectivity index (χ0) is 36.1. The van der Waals surface area contributed by atoms with E-state index in [-0.39, 0.29) is 23.1 Å². The van der Waals surface area contributed by atoms with Crippen LogP contribution in [0, 0.1) is 0 Å². The highest BCUT2D eigenvalue weighted by Gasteiger charge is 2.32. The lowest BCUT2D eigenvalue weighted by Crippen LogP contribution is -2.30. The molecule has 0 aliphatic carbocycles. The molecule has 0 aliphatic rings.